The number of fused-ring (bicyclic) bond motifs is 1. The fourth-order valence-corrected chi connectivity index (χ4v) is 2.36. The summed E-state index contributed by atoms with van der Waals surface area (Å²) in [6, 6.07) is 0.683. The first-order chi connectivity index (χ1) is 6.27. The molecule has 3 nitrogen and oxygen atoms in total. The van der Waals surface area contributed by atoms with Crippen LogP contribution in [0.15, 0.2) is 0 Å². The normalized spacial score (nSPS) is 31.3. The Bertz CT molecular complexity index is 205. The number of carbonyl (C=O) groups excluding carboxylic acids is 1. The van der Waals surface area contributed by atoms with E-state index < -0.39 is 0 Å². The number of nitrogens with zero attached hydrogens (tertiary/aromatic N) is 2. The maximum absolute atomic E-state index is 11.6. The van der Waals surface area contributed by atoms with E-state index in [1.807, 2.05) is 11.9 Å². The van der Waals surface area contributed by atoms with Crippen molar-refractivity contribution in [2.24, 2.45) is 0 Å². The minimum atomic E-state index is 0.296. The molecule has 0 bridgehead atoms. The summed E-state index contributed by atoms with van der Waals surface area (Å²) in [7, 11) is 1.92. The number of piperidine rings is 1. The number of hydrogen-bond donors (Lipinski definition) is 0. The predicted molar refractivity (Wildman–Crippen MR) is 51.5 cm³/mol. The maximum Gasteiger partial charge on any atom is 0.236 e. The highest BCUT2D eigenvalue weighted by Crippen LogP contribution is 2.21. The topological polar surface area (TPSA) is 23.6 Å². The van der Waals surface area contributed by atoms with Crippen LogP contribution in [-0.4, -0.2) is 48.4 Å². The van der Waals surface area contributed by atoms with Crippen LogP contribution in [0, 0.1) is 0 Å². The number of amides is 1. The standard InChI is InChI=1S/C10H18N2O/c1-11-7-5-9-4-2-3-6-12(9)8-10(11)13/h9H,2-8H2,1H3/t9-/m1/s1. The lowest BCUT2D eigenvalue weighted by Gasteiger charge is -2.32. The van der Waals surface area contributed by atoms with Gasteiger partial charge in [0.05, 0.1) is 6.54 Å². The van der Waals surface area contributed by atoms with E-state index in [-0.39, 0.29) is 0 Å². The summed E-state index contributed by atoms with van der Waals surface area (Å²) in [5.74, 6) is 0.296. The maximum atomic E-state index is 11.6. The molecule has 2 saturated heterocycles. The number of rotatable bonds is 0. The Morgan fingerprint density at radius 1 is 1.23 bits per heavy atom. The third kappa shape index (κ3) is 1.85. The van der Waals surface area contributed by atoms with Crippen molar-refractivity contribution in [1.82, 2.24) is 9.80 Å². The molecule has 0 radical (unpaired) electrons. The van der Waals surface area contributed by atoms with Gasteiger partial charge in [0.25, 0.3) is 0 Å². The molecule has 74 valence electrons. The van der Waals surface area contributed by atoms with Crippen molar-refractivity contribution in [1.29, 1.82) is 0 Å². The van der Waals surface area contributed by atoms with Gasteiger partial charge in [0.2, 0.25) is 5.91 Å². The molecular formula is C10H18N2O. The van der Waals surface area contributed by atoms with E-state index in [2.05, 4.69) is 4.90 Å². The van der Waals surface area contributed by atoms with E-state index in [4.69, 9.17) is 0 Å². The Balaban J connectivity index is 2.04. The van der Waals surface area contributed by atoms with Gasteiger partial charge in [-0.3, -0.25) is 9.69 Å². The lowest BCUT2D eigenvalue weighted by Crippen LogP contribution is -2.41. The van der Waals surface area contributed by atoms with Crippen molar-refractivity contribution in [3.63, 3.8) is 0 Å². The second-order valence-electron chi connectivity index (χ2n) is 4.22. The SMILES string of the molecule is CN1CC[C@H]2CCCCN2CC1=O. The highest BCUT2D eigenvalue weighted by atomic mass is 16.2. The van der Waals surface area contributed by atoms with Crippen LogP contribution < -0.4 is 0 Å². The van der Waals surface area contributed by atoms with Crippen LogP contribution in [0.5, 0.6) is 0 Å². The van der Waals surface area contributed by atoms with Crippen LogP contribution in [0.25, 0.3) is 0 Å². The second kappa shape index (κ2) is 3.66. The van der Waals surface area contributed by atoms with Gasteiger partial charge in [-0.15, -0.1) is 0 Å². The molecule has 0 unspecified atom stereocenters. The Hall–Kier alpha value is -0.570. The van der Waals surface area contributed by atoms with Crippen molar-refractivity contribution in [3.05, 3.63) is 0 Å². The molecule has 13 heavy (non-hydrogen) atoms. The molecule has 0 N–H and O–H groups in total. The molecule has 2 aliphatic rings. The van der Waals surface area contributed by atoms with Crippen molar-refractivity contribution < 1.29 is 4.79 Å². The zero-order chi connectivity index (χ0) is 9.26. The van der Waals surface area contributed by atoms with Crippen molar-refractivity contribution in [2.75, 3.05) is 26.7 Å². The van der Waals surface area contributed by atoms with Crippen LogP contribution >= 0.6 is 0 Å². The molecular weight excluding hydrogens is 164 g/mol. The molecule has 0 spiro atoms. The molecule has 1 amide bonds. The molecule has 0 aromatic rings. The largest absolute Gasteiger partial charge is 0.345 e. The van der Waals surface area contributed by atoms with Gasteiger partial charge in [-0.25, -0.2) is 0 Å². The predicted octanol–water partition coefficient (Wildman–Crippen LogP) is 0.703. The van der Waals surface area contributed by atoms with Gasteiger partial charge in [-0.05, 0) is 25.8 Å². The zero-order valence-electron chi connectivity index (χ0n) is 8.33. The first-order valence-electron chi connectivity index (χ1n) is 5.25. The van der Waals surface area contributed by atoms with Crippen molar-refractivity contribution in [3.8, 4) is 0 Å². The number of carbonyl (C=O) groups is 1. The smallest absolute Gasteiger partial charge is 0.236 e. The average molecular weight is 182 g/mol. The van der Waals surface area contributed by atoms with Crippen LogP contribution in [0.3, 0.4) is 0 Å². The Labute approximate surface area is 79.7 Å². The Morgan fingerprint density at radius 3 is 2.92 bits per heavy atom. The van der Waals surface area contributed by atoms with Crippen LogP contribution in [0.4, 0.5) is 0 Å². The van der Waals surface area contributed by atoms with Crippen molar-refractivity contribution in [2.45, 2.75) is 31.7 Å². The fraction of sp³-hybridized carbons (Fsp3) is 0.900. The molecule has 2 aliphatic heterocycles. The van der Waals surface area contributed by atoms with E-state index >= 15 is 0 Å². The summed E-state index contributed by atoms with van der Waals surface area (Å²) < 4.78 is 0. The molecule has 0 aromatic carbocycles. The molecule has 2 heterocycles. The summed E-state index contributed by atoms with van der Waals surface area (Å²) in [6.07, 6.45) is 5.08. The quantitative estimate of drug-likeness (QED) is 0.550. The fourth-order valence-electron chi connectivity index (χ4n) is 2.36. The molecule has 0 aromatic heterocycles. The van der Waals surface area contributed by atoms with Gasteiger partial charge in [0, 0.05) is 19.6 Å². The number of likely N-dealkylation sites (N-methyl/N-ethyl adjacent to an activating group) is 1. The minimum Gasteiger partial charge on any atom is -0.345 e. The van der Waals surface area contributed by atoms with E-state index in [1.54, 1.807) is 0 Å². The minimum absolute atomic E-state index is 0.296. The summed E-state index contributed by atoms with van der Waals surface area (Å²) in [6.45, 7) is 2.73. The van der Waals surface area contributed by atoms with E-state index in [9.17, 15) is 4.79 Å². The van der Waals surface area contributed by atoms with Crippen LogP contribution in [0.2, 0.25) is 0 Å². The van der Waals surface area contributed by atoms with Gasteiger partial charge in [0.15, 0.2) is 0 Å². The average Bonchev–Trinajstić information content (AvgIpc) is 2.28. The summed E-state index contributed by atoms with van der Waals surface area (Å²) in [5.41, 5.74) is 0. The van der Waals surface area contributed by atoms with Gasteiger partial charge in [-0.1, -0.05) is 6.42 Å². The van der Waals surface area contributed by atoms with Gasteiger partial charge in [0.1, 0.15) is 0 Å². The highest BCUT2D eigenvalue weighted by Gasteiger charge is 2.28. The van der Waals surface area contributed by atoms with Crippen LogP contribution in [0.1, 0.15) is 25.7 Å². The summed E-state index contributed by atoms with van der Waals surface area (Å²) >= 11 is 0. The molecule has 1 atom stereocenters. The molecule has 2 fully saturated rings. The third-order valence-corrected chi connectivity index (χ3v) is 3.31. The van der Waals surface area contributed by atoms with E-state index in [0.717, 1.165) is 13.1 Å². The lowest BCUT2D eigenvalue weighted by atomic mass is 10.00. The first kappa shape index (κ1) is 9.00. The Kier molecular flexibility index (Phi) is 2.54. The Morgan fingerprint density at radius 2 is 2.08 bits per heavy atom. The lowest BCUT2D eigenvalue weighted by molar-refractivity contribution is -0.130. The summed E-state index contributed by atoms with van der Waals surface area (Å²) in [5, 5.41) is 0. The monoisotopic (exact) mass is 182 g/mol. The van der Waals surface area contributed by atoms with Crippen LogP contribution in [-0.2, 0) is 4.79 Å². The molecule has 0 saturated carbocycles. The highest BCUT2D eigenvalue weighted by molar-refractivity contribution is 5.78. The molecule has 0 aliphatic carbocycles. The first-order valence-corrected chi connectivity index (χ1v) is 5.25. The van der Waals surface area contributed by atoms with Crippen molar-refractivity contribution >= 4 is 5.91 Å². The third-order valence-electron chi connectivity index (χ3n) is 3.31. The van der Waals surface area contributed by atoms with Gasteiger partial charge in [-0.2, -0.15) is 0 Å². The van der Waals surface area contributed by atoms with Gasteiger partial charge >= 0.3 is 0 Å². The summed E-state index contributed by atoms with van der Waals surface area (Å²) in [4.78, 5) is 15.8. The second-order valence-corrected chi connectivity index (χ2v) is 4.22. The molecule has 3 heteroatoms. The zero-order valence-corrected chi connectivity index (χ0v) is 8.33. The van der Waals surface area contributed by atoms with Gasteiger partial charge < -0.3 is 4.90 Å². The van der Waals surface area contributed by atoms with E-state index in [0.29, 0.717) is 18.5 Å². The van der Waals surface area contributed by atoms with E-state index in [1.165, 1.54) is 25.7 Å². The molecule has 2 rings (SSSR count). The number of hydrogen-bond acceptors (Lipinski definition) is 2.